The minimum atomic E-state index is -0.495. The van der Waals surface area contributed by atoms with Crippen molar-refractivity contribution in [1.29, 1.82) is 5.26 Å². The van der Waals surface area contributed by atoms with Crippen LogP contribution in [0.5, 0.6) is 5.75 Å². The minimum absolute atomic E-state index is 0.0145. The van der Waals surface area contributed by atoms with E-state index in [2.05, 4.69) is 10.3 Å². The van der Waals surface area contributed by atoms with Crippen LogP contribution in [0.25, 0.3) is 16.0 Å². The largest absolute Gasteiger partial charge is 0.492 e. The van der Waals surface area contributed by atoms with Crippen LogP contribution in [0.3, 0.4) is 0 Å². The second-order valence-corrected chi connectivity index (χ2v) is 6.91. The first kappa shape index (κ1) is 17.9. The van der Waals surface area contributed by atoms with Gasteiger partial charge in [0.1, 0.15) is 22.4 Å². The van der Waals surface area contributed by atoms with Crippen molar-refractivity contribution in [2.24, 2.45) is 0 Å². The summed E-state index contributed by atoms with van der Waals surface area (Å²) in [5.74, 6) is 0.0691. The zero-order valence-electron chi connectivity index (χ0n) is 13.9. The van der Waals surface area contributed by atoms with Crippen LogP contribution in [0.15, 0.2) is 52.7 Å². The monoisotopic (exact) mass is 381 g/mol. The Morgan fingerprint density at radius 2 is 2.15 bits per heavy atom. The first-order valence-corrected chi connectivity index (χ1v) is 9.61. The Bertz CT molecular complexity index is 969. The molecule has 130 valence electrons. The van der Waals surface area contributed by atoms with Crippen molar-refractivity contribution in [3.05, 3.63) is 58.4 Å². The first-order chi connectivity index (χ1) is 12.7. The smallest absolute Gasteiger partial charge is 0.266 e. The number of nitrogens with one attached hydrogen (secondary N) is 1. The number of amides is 1. The number of benzene rings is 1. The van der Waals surface area contributed by atoms with Crippen molar-refractivity contribution in [3.63, 3.8) is 0 Å². The third-order valence-electron chi connectivity index (χ3n) is 3.35. The molecule has 0 radical (unpaired) electrons. The average Bonchev–Trinajstić information content (AvgIpc) is 3.33. The molecule has 3 rings (SSSR count). The summed E-state index contributed by atoms with van der Waals surface area (Å²) in [6.45, 7) is 2.35. The van der Waals surface area contributed by atoms with Crippen LogP contribution in [0, 0.1) is 11.3 Å². The van der Waals surface area contributed by atoms with E-state index in [4.69, 9.17) is 4.74 Å². The number of nitrogens with zero attached hydrogens (tertiary/aromatic N) is 2. The summed E-state index contributed by atoms with van der Waals surface area (Å²) >= 11 is 3.08. The molecule has 0 saturated carbocycles. The maximum atomic E-state index is 12.5. The van der Waals surface area contributed by atoms with Gasteiger partial charge in [-0.25, -0.2) is 4.98 Å². The molecule has 5 nitrogen and oxygen atoms in total. The van der Waals surface area contributed by atoms with Crippen LogP contribution in [-0.2, 0) is 4.79 Å². The van der Waals surface area contributed by atoms with E-state index < -0.39 is 5.91 Å². The van der Waals surface area contributed by atoms with Crippen LogP contribution in [0.2, 0.25) is 0 Å². The van der Waals surface area contributed by atoms with E-state index in [0.29, 0.717) is 23.7 Å². The molecule has 2 aromatic heterocycles. The van der Waals surface area contributed by atoms with Gasteiger partial charge in [-0.1, -0.05) is 18.2 Å². The number of nitriles is 1. The van der Waals surface area contributed by atoms with Crippen molar-refractivity contribution in [2.75, 3.05) is 11.9 Å². The number of aromatic nitrogens is 1. The summed E-state index contributed by atoms with van der Waals surface area (Å²) in [6, 6.07) is 13.0. The summed E-state index contributed by atoms with van der Waals surface area (Å²) in [5.41, 5.74) is 1.10. The first-order valence-electron chi connectivity index (χ1n) is 7.85. The van der Waals surface area contributed by atoms with E-state index in [9.17, 15) is 10.1 Å². The zero-order chi connectivity index (χ0) is 18.4. The Labute approximate surface area is 159 Å². The topological polar surface area (TPSA) is 75.0 Å². The quantitative estimate of drug-likeness (QED) is 0.491. The van der Waals surface area contributed by atoms with Crippen LogP contribution in [0.4, 0.5) is 5.69 Å². The SMILES string of the molecule is CCOc1ccccc1NC(=O)/C(C#N)=C\c1csc(-c2cccs2)n1. The molecule has 0 spiro atoms. The van der Waals surface area contributed by atoms with Gasteiger partial charge >= 0.3 is 0 Å². The summed E-state index contributed by atoms with van der Waals surface area (Å²) < 4.78 is 5.49. The number of thiophene rings is 1. The van der Waals surface area contributed by atoms with Crippen LogP contribution < -0.4 is 10.1 Å². The molecule has 26 heavy (non-hydrogen) atoms. The molecule has 1 N–H and O–H groups in total. The van der Waals surface area contributed by atoms with Gasteiger partial charge in [0.05, 0.1) is 22.9 Å². The third kappa shape index (κ3) is 4.17. The lowest BCUT2D eigenvalue weighted by atomic mass is 10.2. The molecular formula is C19H15N3O2S2. The standard InChI is InChI=1S/C19H15N3O2S2/c1-2-24-16-7-4-3-6-15(16)22-18(23)13(11-20)10-14-12-26-19(21-14)17-8-5-9-25-17/h3-10,12H,2H2,1H3,(H,22,23)/b13-10-. The predicted molar refractivity (Wildman–Crippen MR) is 105 cm³/mol. The lowest BCUT2D eigenvalue weighted by molar-refractivity contribution is -0.112. The molecule has 2 heterocycles. The van der Waals surface area contributed by atoms with Gasteiger partial charge in [-0.05, 0) is 36.6 Å². The van der Waals surface area contributed by atoms with Gasteiger partial charge in [-0.15, -0.1) is 22.7 Å². The number of thiazole rings is 1. The molecule has 0 aliphatic heterocycles. The van der Waals surface area contributed by atoms with E-state index in [1.165, 1.54) is 17.4 Å². The van der Waals surface area contributed by atoms with Crippen LogP contribution in [-0.4, -0.2) is 17.5 Å². The van der Waals surface area contributed by atoms with Gasteiger partial charge in [0.15, 0.2) is 0 Å². The second kappa shape index (κ2) is 8.43. The summed E-state index contributed by atoms with van der Waals surface area (Å²) in [6.07, 6.45) is 1.49. The van der Waals surface area contributed by atoms with E-state index >= 15 is 0 Å². The molecule has 1 amide bonds. The fourth-order valence-electron chi connectivity index (χ4n) is 2.20. The molecule has 0 aliphatic rings. The van der Waals surface area contributed by atoms with Gasteiger partial charge < -0.3 is 10.1 Å². The Hall–Kier alpha value is -2.95. The Morgan fingerprint density at radius 3 is 2.88 bits per heavy atom. The van der Waals surface area contributed by atoms with Gasteiger partial charge in [0, 0.05) is 5.38 Å². The molecule has 0 saturated heterocycles. The molecule has 0 fully saturated rings. The number of hydrogen-bond acceptors (Lipinski definition) is 6. The molecule has 0 unspecified atom stereocenters. The van der Waals surface area contributed by atoms with Gasteiger partial charge in [0.25, 0.3) is 5.91 Å². The van der Waals surface area contributed by atoms with E-state index in [0.717, 1.165) is 9.88 Å². The van der Waals surface area contributed by atoms with Gasteiger partial charge in [-0.2, -0.15) is 5.26 Å². The lowest BCUT2D eigenvalue weighted by Crippen LogP contribution is -2.14. The Kier molecular flexibility index (Phi) is 5.79. The number of anilines is 1. The van der Waals surface area contributed by atoms with Crippen LogP contribution in [0.1, 0.15) is 12.6 Å². The Balaban J connectivity index is 1.79. The fraction of sp³-hybridized carbons (Fsp3) is 0.105. The van der Waals surface area contributed by atoms with Crippen molar-refractivity contribution in [1.82, 2.24) is 4.98 Å². The lowest BCUT2D eigenvalue weighted by Gasteiger charge is -2.10. The molecule has 0 aliphatic carbocycles. The predicted octanol–water partition coefficient (Wildman–Crippen LogP) is 4.82. The minimum Gasteiger partial charge on any atom is -0.492 e. The molecule has 7 heteroatoms. The second-order valence-electron chi connectivity index (χ2n) is 5.11. The fourth-order valence-corrected chi connectivity index (χ4v) is 3.79. The number of carbonyl (C=O) groups is 1. The number of para-hydroxylation sites is 2. The summed E-state index contributed by atoms with van der Waals surface area (Å²) in [5, 5.41) is 16.8. The van der Waals surface area contributed by atoms with E-state index in [1.807, 2.05) is 42.0 Å². The molecular weight excluding hydrogens is 366 g/mol. The highest BCUT2D eigenvalue weighted by Crippen LogP contribution is 2.29. The Morgan fingerprint density at radius 1 is 1.31 bits per heavy atom. The van der Waals surface area contributed by atoms with Gasteiger partial charge in [0.2, 0.25) is 0 Å². The molecule has 3 aromatic rings. The number of hydrogen-bond donors (Lipinski definition) is 1. The highest BCUT2D eigenvalue weighted by Gasteiger charge is 2.13. The molecule has 0 atom stereocenters. The highest BCUT2D eigenvalue weighted by molar-refractivity contribution is 7.20. The number of ether oxygens (including phenoxy) is 1. The maximum Gasteiger partial charge on any atom is 0.266 e. The van der Waals surface area contributed by atoms with Crippen molar-refractivity contribution in [2.45, 2.75) is 6.92 Å². The van der Waals surface area contributed by atoms with Crippen molar-refractivity contribution < 1.29 is 9.53 Å². The normalized spacial score (nSPS) is 11.0. The molecule has 0 bridgehead atoms. The number of carbonyl (C=O) groups excluding carboxylic acids is 1. The zero-order valence-corrected chi connectivity index (χ0v) is 15.6. The van der Waals surface area contributed by atoms with Gasteiger partial charge in [-0.3, -0.25) is 4.79 Å². The average molecular weight is 381 g/mol. The van der Waals surface area contributed by atoms with Crippen molar-refractivity contribution >= 4 is 40.3 Å². The highest BCUT2D eigenvalue weighted by atomic mass is 32.1. The summed E-state index contributed by atoms with van der Waals surface area (Å²) in [4.78, 5) is 18.0. The summed E-state index contributed by atoms with van der Waals surface area (Å²) in [7, 11) is 0. The van der Waals surface area contributed by atoms with E-state index in [1.54, 1.807) is 29.5 Å². The maximum absolute atomic E-state index is 12.5. The van der Waals surface area contributed by atoms with E-state index in [-0.39, 0.29) is 5.57 Å². The van der Waals surface area contributed by atoms with Crippen molar-refractivity contribution in [3.8, 4) is 21.7 Å². The third-order valence-corrected chi connectivity index (χ3v) is 5.25. The number of rotatable bonds is 6. The molecule has 1 aromatic carbocycles. The van der Waals surface area contributed by atoms with Crippen LogP contribution >= 0.6 is 22.7 Å².